The lowest BCUT2D eigenvalue weighted by Gasteiger charge is -2.04. The van der Waals surface area contributed by atoms with Gasteiger partial charge in [0.05, 0.1) is 11.7 Å². The fourth-order valence-corrected chi connectivity index (χ4v) is 3.10. The number of anilines is 1. The molecule has 0 unspecified atom stereocenters. The van der Waals surface area contributed by atoms with E-state index in [-0.39, 0.29) is 5.91 Å². The van der Waals surface area contributed by atoms with Crippen LogP contribution in [0.25, 0.3) is 10.9 Å². The Morgan fingerprint density at radius 2 is 2.28 bits per heavy atom. The van der Waals surface area contributed by atoms with Crippen LogP contribution in [-0.2, 0) is 0 Å². The molecular weight excluding hydrogens is 314 g/mol. The molecule has 3 aromatic rings. The quantitative estimate of drug-likeness (QED) is 0.757. The van der Waals surface area contributed by atoms with Gasteiger partial charge >= 0.3 is 0 Å². The van der Waals surface area contributed by atoms with Crippen molar-refractivity contribution in [1.82, 2.24) is 10.2 Å². The van der Waals surface area contributed by atoms with Crippen molar-refractivity contribution in [2.24, 2.45) is 0 Å². The summed E-state index contributed by atoms with van der Waals surface area (Å²) in [7, 11) is 0. The second-order valence-electron chi connectivity index (χ2n) is 3.72. The molecule has 1 amide bonds. The number of aromatic nitrogens is 2. The maximum Gasteiger partial charge on any atom is 0.266 e. The van der Waals surface area contributed by atoms with Gasteiger partial charge in [-0.05, 0) is 45.6 Å². The second-order valence-corrected chi connectivity index (χ2v) is 5.49. The summed E-state index contributed by atoms with van der Waals surface area (Å²) in [5.41, 5.74) is 1.65. The van der Waals surface area contributed by atoms with Gasteiger partial charge in [-0.2, -0.15) is 5.10 Å². The van der Waals surface area contributed by atoms with Crippen LogP contribution >= 0.6 is 27.3 Å². The smallest absolute Gasteiger partial charge is 0.266 e. The SMILES string of the molecule is O=C(Nc1ccc2cn[nH]c2c1)c1sccc1Br. The maximum atomic E-state index is 12.0. The van der Waals surface area contributed by atoms with Crippen LogP contribution < -0.4 is 5.32 Å². The average molecular weight is 322 g/mol. The van der Waals surface area contributed by atoms with E-state index in [1.54, 1.807) is 6.20 Å². The molecule has 0 aliphatic rings. The number of hydrogen-bond acceptors (Lipinski definition) is 3. The third kappa shape index (κ3) is 2.04. The first-order valence-corrected chi connectivity index (χ1v) is 6.89. The molecule has 4 nitrogen and oxygen atoms in total. The molecule has 18 heavy (non-hydrogen) atoms. The van der Waals surface area contributed by atoms with Crippen molar-refractivity contribution < 1.29 is 4.79 Å². The van der Waals surface area contributed by atoms with Crippen LogP contribution in [0.3, 0.4) is 0 Å². The highest BCUT2D eigenvalue weighted by Crippen LogP contribution is 2.24. The van der Waals surface area contributed by atoms with Gasteiger partial charge in [0.25, 0.3) is 5.91 Å². The molecule has 3 rings (SSSR count). The molecule has 0 fully saturated rings. The van der Waals surface area contributed by atoms with Crippen molar-refractivity contribution in [2.45, 2.75) is 0 Å². The Labute approximate surface area is 115 Å². The topological polar surface area (TPSA) is 57.8 Å². The minimum atomic E-state index is -0.115. The maximum absolute atomic E-state index is 12.0. The second kappa shape index (κ2) is 4.55. The van der Waals surface area contributed by atoms with Gasteiger partial charge in [0.15, 0.2) is 0 Å². The normalized spacial score (nSPS) is 10.7. The Hall–Kier alpha value is -1.66. The van der Waals surface area contributed by atoms with E-state index in [0.717, 1.165) is 21.1 Å². The molecule has 0 saturated carbocycles. The summed E-state index contributed by atoms with van der Waals surface area (Å²) in [6, 6.07) is 7.49. The molecule has 0 saturated heterocycles. The number of benzene rings is 1. The van der Waals surface area contributed by atoms with E-state index in [4.69, 9.17) is 0 Å². The van der Waals surface area contributed by atoms with Crippen LogP contribution in [0.15, 0.2) is 40.3 Å². The summed E-state index contributed by atoms with van der Waals surface area (Å²) in [6.07, 6.45) is 1.75. The van der Waals surface area contributed by atoms with Gasteiger partial charge < -0.3 is 5.32 Å². The van der Waals surface area contributed by atoms with Gasteiger partial charge in [-0.25, -0.2) is 0 Å². The van der Waals surface area contributed by atoms with Gasteiger partial charge in [0.1, 0.15) is 4.88 Å². The fourth-order valence-electron chi connectivity index (χ4n) is 1.66. The van der Waals surface area contributed by atoms with Crippen LogP contribution in [0.4, 0.5) is 5.69 Å². The number of halogens is 1. The lowest BCUT2D eigenvalue weighted by atomic mass is 10.2. The van der Waals surface area contributed by atoms with Gasteiger partial charge in [0, 0.05) is 15.5 Å². The standard InChI is InChI=1S/C12H8BrN3OS/c13-9-3-4-18-11(9)12(17)15-8-2-1-7-6-14-16-10(7)5-8/h1-6H,(H,14,16)(H,15,17). The number of amides is 1. The van der Waals surface area contributed by atoms with Crippen molar-refractivity contribution >= 4 is 49.8 Å². The van der Waals surface area contributed by atoms with Crippen molar-refractivity contribution in [3.63, 3.8) is 0 Å². The van der Waals surface area contributed by atoms with Gasteiger partial charge in [0.2, 0.25) is 0 Å². The first-order valence-electron chi connectivity index (χ1n) is 5.21. The van der Waals surface area contributed by atoms with Crippen LogP contribution in [0, 0.1) is 0 Å². The molecule has 6 heteroatoms. The Morgan fingerprint density at radius 3 is 3.06 bits per heavy atom. The van der Waals surface area contributed by atoms with Crippen LogP contribution in [-0.4, -0.2) is 16.1 Å². The number of H-pyrrole nitrogens is 1. The number of nitrogens with one attached hydrogen (secondary N) is 2. The monoisotopic (exact) mass is 321 g/mol. The predicted octanol–water partition coefficient (Wildman–Crippen LogP) is 3.64. The average Bonchev–Trinajstić information content (AvgIpc) is 2.96. The van der Waals surface area contributed by atoms with Crippen LogP contribution in [0.5, 0.6) is 0 Å². The van der Waals surface area contributed by atoms with E-state index < -0.39 is 0 Å². The summed E-state index contributed by atoms with van der Waals surface area (Å²) >= 11 is 4.75. The third-order valence-electron chi connectivity index (χ3n) is 2.52. The highest BCUT2D eigenvalue weighted by molar-refractivity contribution is 9.10. The van der Waals surface area contributed by atoms with E-state index in [2.05, 4.69) is 31.4 Å². The number of fused-ring (bicyclic) bond motifs is 1. The van der Waals surface area contributed by atoms with E-state index in [0.29, 0.717) is 4.88 Å². The Kier molecular flexibility index (Phi) is 2.89. The first kappa shape index (κ1) is 11.4. The zero-order valence-corrected chi connectivity index (χ0v) is 11.5. The highest BCUT2D eigenvalue weighted by Gasteiger charge is 2.11. The number of nitrogens with zero attached hydrogens (tertiary/aromatic N) is 1. The van der Waals surface area contributed by atoms with Crippen molar-refractivity contribution in [3.05, 3.63) is 45.2 Å². The summed E-state index contributed by atoms with van der Waals surface area (Å²) < 4.78 is 0.813. The van der Waals surface area contributed by atoms with Crippen LogP contribution in [0.1, 0.15) is 9.67 Å². The number of carbonyl (C=O) groups excluding carboxylic acids is 1. The molecule has 0 aliphatic carbocycles. The molecule has 1 aromatic carbocycles. The summed E-state index contributed by atoms with van der Waals surface area (Å²) in [5.74, 6) is -0.115. The summed E-state index contributed by atoms with van der Waals surface area (Å²) in [5, 5.41) is 12.6. The molecule has 0 atom stereocenters. The van der Waals surface area contributed by atoms with Crippen molar-refractivity contribution in [3.8, 4) is 0 Å². The molecule has 2 N–H and O–H groups in total. The Bertz CT molecular complexity index is 719. The summed E-state index contributed by atoms with van der Waals surface area (Å²) in [4.78, 5) is 12.7. The Balaban J connectivity index is 1.88. The van der Waals surface area contributed by atoms with Gasteiger partial charge in [-0.1, -0.05) is 0 Å². The zero-order valence-electron chi connectivity index (χ0n) is 9.11. The molecule has 2 heterocycles. The van der Waals surface area contributed by atoms with Gasteiger partial charge in [-0.15, -0.1) is 11.3 Å². The minimum Gasteiger partial charge on any atom is -0.321 e. The lowest BCUT2D eigenvalue weighted by molar-refractivity contribution is 0.103. The number of thiophene rings is 1. The molecule has 90 valence electrons. The van der Waals surface area contributed by atoms with E-state index in [1.807, 2.05) is 29.6 Å². The van der Waals surface area contributed by atoms with E-state index in [1.165, 1.54) is 11.3 Å². The molecule has 0 bridgehead atoms. The third-order valence-corrected chi connectivity index (χ3v) is 4.36. The molecule has 2 aromatic heterocycles. The minimum absolute atomic E-state index is 0.115. The molecule has 0 radical (unpaired) electrons. The summed E-state index contributed by atoms with van der Waals surface area (Å²) in [6.45, 7) is 0. The van der Waals surface area contributed by atoms with E-state index >= 15 is 0 Å². The first-order chi connectivity index (χ1) is 8.74. The number of carbonyl (C=O) groups is 1. The molecular formula is C12H8BrN3OS. The number of aromatic amines is 1. The van der Waals surface area contributed by atoms with E-state index in [9.17, 15) is 4.79 Å². The predicted molar refractivity (Wildman–Crippen MR) is 76.1 cm³/mol. The molecule has 0 spiro atoms. The van der Waals surface area contributed by atoms with Gasteiger partial charge in [-0.3, -0.25) is 9.89 Å². The lowest BCUT2D eigenvalue weighted by Crippen LogP contribution is -2.10. The largest absolute Gasteiger partial charge is 0.321 e. The van der Waals surface area contributed by atoms with Crippen LogP contribution in [0.2, 0.25) is 0 Å². The fraction of sp³-hybridized carbons (Fsp3) is 0. The number of rotatable bonds is 2. The Morgan fingerprint density at radius 1 is 1.39 bits per heavy atom. The number of hydrogen-bond donors (Lipinski definition) is 2. The van der Waals surface area contributed by atoms with Crippen molar-refractivity contribution in [1.29, 1.82) is 0 Å². The van der Waals surface area contributed by atoms with Crippen molar-refractivity contribution in [2.75, 3.05) is 5.32 Å². The highest BCUT2D eigenvalue weighted by atomic mass is 79.9. The zero-order chi connectivity index (χ0) is 12.5. The molecule has 0 aliphatic heterocycles.